The van der Waals surface area contributed by atoms with Crippen molar-refractivity contribution in [3.63, 3.8) is 0 Å². The highest BCUT2D eigenvalue weighted by molar-refractivity contribution is 5.73. The fourth-order valence-corrected chi connectivity index (χ4v) is 3.49. The van der Waals surface area contributed by atoms with Gasteiger partial charge in [0.2, 0.25) is 5.95 Å². The molecule has 0 amide bonds. The maximum absolute atomic E-state index is 14.1. The van der Waals surface area contributed by atoms with Crippen LogP contribution in [0.2, 0.25) is 0 Å². The molecule has 0 saturated carbocycles. The van der Waals surface area contributed by atoms with Gasteiger partial charge in [0.15, 0.2) is 0 Å². The molecular weight excluding hydrogens is 389 g/mol. The van der Waals surface area contributed by atoms with Gasteiger partial charge >= 0.3 is 0 Å². The number of anilines is 1. The van der Waals surface area contributed by atoms with Gasteiger partial charge in [0, 0.05) is 38.5 Å². The Balaban J connectivity index is 1.57. The summed E-state index contributed by atoms with van der Waals surface area (Å²) in [5.74, 6) is 0.308. The highest BCUT2D eigenvalue weighted by Crippen LogP contribution is 2.32. The zero-order chi connectivity index (χ0) is 21.3. The molecule has 1 saturated heterocycles. The molecule has 0 unspecified atom stereocenters. The minimum atomic E-state index is -1.11. The fraction of sp³-hybridized carbons (Fsp3) is 0.333. The summed E-state index contributed by atoms with van der Waals surface area (Å²) in [6.45, 7) is 0.558. The second-order valence-corrected chi connectivity index (χ2v) is 7.30. The lowest BCUT2D eigenvalue weighted by atomic mass is 10.0. The quantitative estimate of drug-likeness (QED) is 0.703. The standard InChI is InChI=1S/C21H22FN5O3/c1-26-7-5-14(10-20(26)29)13-3-4-15(19(28)9-13)17-11-23-21(25-24-17)27(2)18-6-8-30-12-16(18)22/h3-5,7,9-11,16,18,28H,6,8,12H2,1-2H3/t16-,18+/m0/s1. The Morgan fingerprint density at radius 2 is 2.03 bits per heavy atom. The molecule has 1 aliphatic heterocycles. The second kappa shape index (κ2) is 8.19. The summed E-state index contributed by atoms with van der Waals surface area (Å²) in [4.78, 5) is 17.8. The number of halogens is 1. The molecule has 8 nitrogen and oxygen atoms in total. The molecule has 30 heavy (non-hydrogen) atoms. The van der Waals surface area contributed by atoms with Crippen LogP contribution in [0.4, 0.5) is 10.3 Å². The Labute approximate surface area is 172 Å². The summed E-state index contributed by atoms with van der Waals surface area (Å²) in [6, 6.07) is 8.01. The van der Waals surface area contributed by atoms with Gasteiger partial charge in [0.1, 0.15) is 17.6 Å². The molecule has 2 atom stereocenters. The van der Waals surface area contributed by atoms with Gasteiger partial charge in [-0.15, -0.1) is 10.2 Å². The van der Waals surface area contributed by atoms with E-state index >= 15 is 0 Å². The first kappa shape index (κ1) is 20.0. The fourth-order valence-electron chi connectivity index (χ4n) is 3.49. The Morgan fingerprint density at radius 1 is 1.23 bits per heavy atom. The largest absolute Gasteiger partial charge is 0.507 e. The smallest absolute Gasteiger partial charge is 0.250 e. The number of phenols is 1. The molecule has 1 fully saturated rings. The van der Waals surface area contributed by atoms with Gasteiger partial charge in [-0.1, -0.05) is 6.07 Å². The number of hydrogen-bond acceptors (Lipinski definition) is 7. The van der Waals surface area contributed by atoms with Crippen LogP contribution in [0, 0.1) is 0 Å². The summed E-state index contributed by atoms with van der Waals surface area (Å²) in [6.07, 6.45) is 2.61. The van der Waals surface area contributed by atoms with Crippen molar-refractivity contribution in [2.75, 3.05) is 25.2 Å². The summed E-state index contributed by atoms with van der Waals surface area (Å²) in [5, 5.41) is 18.8. The highest BCUT2D eigenvalue weighted by atomic mass is 19.1. The number of nitrogens with zero attached hydrogens (tertiary/aromatic N) is 5. The van der Waals surface area contributed by atoms with Crippen LogP contribution in [0.1, 0.15) is 6.42 Å². The number of aryl methyl sites for hydroxylation is 1. The molecule has 0 bridgehead atoms. The topological polar surface area (TPSA) is 93.4 Å². The third-order valence-electron chi connectivity index (χ3n) is 5.33. The molecule has 9 heteroatoms. The van der Waals surface area contributed by atoms with Crippen molar-refractivity contribution >= 4 is 5.95 Å². The van der Waals surface area contributed by atoms with Gasteiger partial charge in [0.05, 0.1) is 18.8 Å². The van der Waals surface area contributed by atoms with Crippen LogP contribution in [-0.4, -0.2) is 57.3 Å². The molecule has 0 aliphatic carbocycles. The number of phenolic OH excluding ortho intramolecular Hbond substituents is 1. The van der Waals surface area contributed by atoms with Crippen molar-refractivity contribution in [2.45, 2.75) is 18.6 Å². The lowest BCUT2D eigenvalue weighted by Crippen LogP contribution is -2.46. The molecule has 1 aliphatic rings. The molecule has 1 N–H and O–H groups in total. The van der Waals surface area contributed by atoms with E-state index < -0.39 is 6.17 Å². The number of hydrogen-bond donors (Lipinski definition) is 1. The highest BCUT2D eigenvalue weighted by Gasteiger charge is 2.30. The maximum Gasteiger partial charge on any atom is 0.250 e. The Morgan fingerprint density at radius 3 is 2.70 bits per heavy atom. The molecule has 0 radical (unpaired) electrons. The van der Waals surface area contributed by atoms with Crippen molar-refractivity contribution in [1.82, 2.24) is 19.7 Å². The molecular formula is C21H22FN5O3. The van der Waals surface area contributed by atoms with Crippen molar-refractivity contribution < 1.29 is 14.2 Å². The monoisotopic (exact) mass is 411 g/mol. The van der Waals surface area contributed by atoms with Gasteiger partial charge < -0.3 is 19.3 Å². The number of aromatic nitrogens is 4. The van der Waals surface area contributed by atoms with Crippen LogP contribution >= 0.6 is 0 Å². The van der Waals surface area contributed by atoms with E-state index in [4.69, 9.17) is 4.74 Å². The number of ether oxygens (including phenoxy) is 1. The lowest BCUT2D eigenvalue weighted by Gasteiger charge is -2.33. The van der Waals surface area contributed by atoms with E-state index in [1.54, 1.807) is 49.5 Å². The van der Waals surface area contributed by atoms with Crippen LogP contribution in [0.15, 0.2) is 47.5 Å². The van der Waals surface area contributed by atoms with E-state index in [-0.39, 0.29) is 24.0 Å². The number of benzene rings is 1. The van der Waals surface area contributed by atoms with E-state index in [1.165, 1.54) is 16.8 Å². The molecule has 1 aromatic carbocycles. The van der Waals surface area contributed by atoms with Crippen molar-refractivity contribution in [2.24, 2.45) is 7.05 Å². The van der Waals surface area contributed by atoms with Crippen LogP contribution in [0.3, 0.4) is 0 Å². The third-order valence-corrected chi connectivity index (χ3v) is 5.33. The molecule has 3 aromatic rings. The van der Waals surface area contributed by atoms with Crippen LogP contribution in [0.5, 0.6) is 5.75 Å². The van der Waals surface area contributed by atoms with Crippen molar-refractivity contribution in [3.8, 4) is 28.1 Å². The number of aromatic hydroxyl groups is 1. The number of alkyl halides is 1. The van der Waals surface area contributed by atoms with Gasteiger partial charge in [-0.05, 0) is 35.7 Å². The molecule has 156 valence electrons. The van der Waals surface area contributed by atoms with Gasteiger partial charge in [-0.3, -0.25) is 4.79 Å². The zero-order valence-corrected chi connectivity index (χ0v) is 16.7. The van der Waals surface area contributed by atoms with E-state index in [1.807, 2.05) is 0 Å². The van der Waals surface area contributed by atoms with Crippen molar-refractivity contribution in [3.05, 3.63) is 53.1 Å². The minimum absolute atomic E-state index is 0.00127. The van der Waals surface area contributed by atoms with Crippen LogP contribution < -0.4 is 10.5 Å². The van der Waals surface area contributed by atoms with Gasteiger partial charge in [-0.25, -0.2) is 9.37 Å². The Bertz CT molecular complexity index is 1100. The van der Waals surface area contributed by atoms with E-state index in [9.17, 15) is 14.3 Å². The number of rotatable bonds is 4. The normalized spacial score (nSPS) is 18.9. The van der Waals surface area contributed by atoms with Gasteiger partial charge in [-0.2, -0.15) is 0 Å². The van der Waals surface area contributed by atoms with Crippen LogP contribution in [0.25, 0.3) is 22.4 Å². The summed E-state index contributed by atoms with van der Waals surface area (Å²) in [5.41, 5.74) is 2.14. The average molecular weight is 411 g/mol. The zero-order valence-electron chi connectivity index (χ0n) is 16.7. The summed E-state index contributed by atoms with van der Waals surface area (Å²) >= 11 is 0. The first-order valence-electron chi connectivity index (χ1n) is 9.59. The third kappa shape index (κ3) is 3.88. The molecule has 0 spiro atoms. The predicted octanol–water partition coefficient (Wildman–Crippen LogP) is 2.17. The van der Waals surface area contributed by atoms with E-state index in [0.29, 0.717) is 41.4 Å². The molecule has 2 aromatic heterocycles. The Kier molecular flexibility index (Phi) is 5.45. The van der Waals surface area contributed by atoms with E-state index in [0.717, 1.165) is 0 Å². The second-order valence-electron chi connectivity index (χ2n) is 7.30. The maximum atomic E-state index is 14.1. The lowest BCUT2D eigenvalue weighted by molar-refractivity contribution is 0.0223. The van der Waals surface area contributed by atoms with Gasteiger partial charge in [0.25, 0.3) is 5.56 Å². The summed E-state index contributed by atoms with van der Waals surface area (Å²) < 4.78 is 20.7. The summed E-state index contributed by atoms with van der Waals surface area (Å²) in [7, 11) is 3.41. The minimum Gasteiger partial charge on any atom is -0.507 e. The first-order valence-corrected chi connectivity index (χ1v) is 9.59. The SMILES string of the molecule is CN(c1ncc(-c2ccc(-c3ccn(C)c(=O)c3)cc2O)nn1)[C@@H]1CCOC[C@@H]1F. The average Bonchev–Trinajstić information content (AvgIpc) is 2.76. The van der Waals surface area contributed by atoms with Crippen LogP contribution in [-0.2, 0) is 11.8 Å². The molecule has 4 rings (SSSR count). The molecule has 3 heterocycles. The first-order chi connectivity index (χ1) is 14.4. The number of pyridine rings is 1. The predicted molar refractivity (Wildman–Crippen MR) is 110 cm³/mol. The van der Waals surface area contributed by atoms with Crippen molar-refractivity contribution in [1.29, 1.82) is 0 Å². The Hall–Kier alpha value is -3.33. The van der Waals surface area contributed by atoms with E-state index in [2.05, 4.69) is 15.2 Å².